The first-order chi connectivity index (χ1) is 9.80. The highest BCUT2D eigenvalue weighted by Crippen LogP contribution is 2.41. The molecule has 0 N–H and O–H groups in total. The fraction of sp³-hybridized carbons (Fsp3) is 0.125. The summed E-state index contributed by atoms with van der Waals surface area (Å²) in [6.07, 6.45) is -4.55. The largest absolute Gasteiger partial charge is 0.455 e. The molecule has 0 saturated carbocycles. The first kappa shape index (κ1) is 15.4. The summed E-state index contributed by atoms with van der Waals surface area (Å²) in [5.41, 5.74) is 0.554. The van der Waals surface area contributed by atoms with E-state index >= 15 is 0 Å². The predicted octanol–water partition coefficient (Wildman–Crippen LogP) is 5.72. The third-order valence-electron chi connectivity index (χ3n) is 2.94. The number of benzene rings is 2. The van der Waals surface area contributed by atoms with Crippen molar-refractivity contribution in [2.75, 3.05) is 0 Å². The van der Waals surface area contributed by atoms with E-state index in [1.54, 1.807) is 12.1 Å². The van der Waals surface area contributed by atoms with Gasteiger partial charge in [0.2, 0.25) is 0 Å². The molecule has 0 aliphatic carbocycles. The van der Waals surface area contributed by atoms with E-state index in [4.69, 9.17) is 16.3 Å². The maximum Gasteiger partial charge on any atom is 0.420 e. The number of alkyl halides is 3. The van der Waals surface area contributed by atoms with Gasteiger partial charge in [0.1, 0.15) is 5.76 Å². The Morgan fingerprint density at radius 2 is 1.76 bits per heavy atom. The van der Waals surface area contributed by atoms with E-state index in [2.05, 4.69) is 6.58 Å². The van der Waals surface area contributed by atoms with Crippen molar-refractivity contribution < 1.29 is 17.9 Å². The summed E-state index contributed by atoms with van der Waals surface area (Å²) in [4.78, 5) is 0. The van der Waals surface area contributed by atoms with E-state index in [0.717, 1.165) is 11.6 Å². The number of para-hydroxylation sites is 1. The lowest BCUT2D eigenvalue weighted by atomic mass is 10.1. The zero-order valence-corrected chi connectivity index (χ0v) is 11.9. The van der Waals surface area contributed by atoms with E-state index in [-0.39, 0.29) is 10.8 Å². The van der Waals surface area contributed by atoms with Crippen LogP contribution < -0.4 is 4.74 Å². The van der Waals surface area contributed by atoms with Crippen LogP contribution in [0, 0.1) is 6.92 Å². The number of ether oxygens (including phenoxy) is 1. The molecule has 2 aromatic rings. The molecule has 0 radical (unpaired) electrons. The summed E-state index contributed by atoms with van der Waals surface area (Å²) in [7, 11) is 0. The van der Waals surface area contributed by atoms with Crippen LogP contribution in [-0.2, 0) is 6.18 Å². The minimum atomic E-state index is -4.55. The Bertz CT molecular complexity index is 677. The summed E-state index contributed by atoms with van der Waals surface area (Å²) < 4.78 is 44.3. The Balaban J connectivity index is 2.41. The van der Waals surface area contributed by atoms with Gasteiger partial charge >= 0.3 is 6.18 Å². The van der Waals surface area contributed by atoms with Crippen molar-refractivity contribution in [3.05, 3.63) is 70.8 Å². The Kier molecular flexibility index (Phi) is 4.28. The van der Waals surface area contributed by atoms with Crippen LogP contribution in [0.2, 0.25) is 5.02 Å². The summed E-state index contributed by atoms with van der Waals surface area (Å²) >= 11 is 5.84. The zero-order chi connectivity index (χ0) is 15.6. The normalized spacial score (nSPS) is 11.3. The molecular weight excluding hydrogens is 301 g/mol. The smallest absolute Gasteiger partial charge is 0.420 e. The van der Waals surface area contributed by atoms with Crippen molar-refractivity contribution in [1.82, 2.24) is 0 Å². The predicted molar refractivity (Wildman–Crippen MR) is 77.3 cm³/mol. The van der Waals surface area contributed by atoms with Crippen molar-refractivity contribution in [2.45, 2.75) is 13.1 Å². The summed E-state index contributed by atoms with van der Waals surface area (Å²) in [5, 5.41) is -0.112. The lowest BCUT2D eigenvalue weighted by molar-refractivity contribution is -0.138. The van der Waals surface area contributed by atoms with Gasteiger partial charge in [0.05, 0.1) is 10.6 Å². The minimum Gasteiger partial charge on any atom is -0.455 e. The molecule has 2 rings (SSSR count). The van der Waals surface area contributed by atoms with Crippen molar-refractivity contribution >= 4 is 17.4 Å². The maximum absolute atomic E-state index is 13.0. The summed E-state index contributed by atoms with van der Waals surface area (Å²) in [6.45, 7) is 5.52. The Morgan fingerprint density at radius 3 is 2.38 bits per heavy atom. The lowest BCUT2D eigenvalue weighted by Gasteiger charge is -2.17. The summed E-state index contributed by atoms with van der Waals surface area (Å²) in [5.74, 6) is -0.313. The van der Waals surface area contributed by atoms with Crippen molar-refractivity contribution in [2.24, 2.45) is 0 Å². The Morgan fingerprint density at radius 1 is 1.10 bits per heavy atom. The van der Waals surface area contributed by atoms with Gasteiger partial charge in [0.15, 0.2) is 5.75 Å². The molecule has 0 unspecified atom stereocenters. The molecular formula is C16H12ClF3O. The molecule has 0 fully saturated rings. The third-order valence-corrected chi connectivity index (χ3v) is 3.24. The van der Waals surface area contributed by atoms with Crippen LogP contribution in [0.25, 0.3) is 5.76 Å². The molecule has 0 atom stereocenters. The van der Waals surface area contributed by atoms with Gasteiger partial charge in [0, 0.05) is 5.56 Å². The standard InChI is InChI=1S/C16H12ClF3O/c1-10-6-3-4-7-12(10)11(2)21-15-13(16(18,19)20)8-5-9-14(15)17/h3-9H,2H2,1H3. The molecule has 0 spiro atoms. The molecule has 0 saturated heterocycles. The summed E-state index contributed by atoms with van der Waals surface area (Å²) in [6, 6.07) is 10.6. The molecule has 21 heavy (non-hydrogen) atoms. The second-order valence-corrected chi connectivity index (χ2v) is 4.86. The zero-order valence-electron chi connectivity index (χ0n) is 11.2. The van der Waals surface area contributed by atoms with Gasteiger partial charge in [-0.05, 0) is 24.6 Å². The molecule has 110 valence electrons. The molecule has 0 heterocycles. The Hall–Kier alpha value is -1.94. The number of rotatable bonds is 3. The van der Waals surface area contributed by atoms with Crippen molar-refractivity contribution in [3.63, 3.8) is 0 Å². The number of aryl methyl sites for hydroxylation is 1. The first-order valence-electron chi connectivity index (χ1n) is 6.09. The van der Waals surface area contributed by atoms with Gasteiger partial charge in [-0.25, -0.2) is 0 Å². The maximum atomic E-state index is 13.0. The van der Waals surface area contributed by atoms with Crippen LogP contribution in [0.1, 0.15) is 16.7 Å². The van der Waals surface area contributed by atoms with Gasteiger partial charge < -0.3 is 4.74 Å². The van der Waals surface area contributed by atoms with E-state index < -0.39 is 17.5 Å². The highest BCUT2D eigenvalue weighted by atomic mass is 35.5. The fourth-order valence-corrected chi connectivity index (χ4v) is 2.11. The van der Waals surface area contributed by atoms with Crippen LogP contribution in [0.4, 0.5) is 13.2 Å². The van der Waals surface area contributed by atoms with Gasteiger partial charge in [-0.3, -0.25) is 0 Å². The van der Waals surface area contributed by atoms with Crippen molar-refractivity contribution in [3.8, 4) is 5.75 Å². The second-order valence-electron chi connectivity index (χ2n) is 4.45. The number of hydrogen-bond donors (Lipinski definition) is 0. The average molecular weight is 313 g/mol. The molecule has 5 heteroatoms. The average Bonchev–Trinajstić information content (AvgIpc) is 2.40. The molecule has 0 amide bonds. The number of hydrogen-bond acceptors (Lipinski definition) is 1. The number of halogens is 4. The van der Waals surface area contributed by atoms with Crippen LogP contribution >= 0.6 is 11.6 Å². The van der Waals surface area contributed by atoms with Crippen LogP contribution in [0.5, 0.6) is 5.75 Å². The monoisotopic (exact) mass is 312 g/mol. The topological polar surface area (TPSA) is 9.23 Å². The molecule has 0 aliphatic heterocycles. The highest BCUT2D eigenvalue weighted by Gasteiger charge is 2.35. The molecule has 0 aliphatic rings. The molecule has 2 aromatic carbocycles. The molecule has 0 aromatic heterocycles. The van der Waals surface area contributed by atoms with E-state index in [0.29, 0.717) is 5.56 Å². The van der Waals surface area contributed by atoms with Crippen LogP contribution in [-0.4, -0.2) is 0 Å². The SMILES string of the molecule is C=C(Oc1c(Cl)cccc1C(F)(F)F)c1ccccc1C. The van der Waals surface area contributed by atoms with Crippen LogP contribution in [0.3, 0.4) is 0 Å². The van der Waals surface area contributed by atoms with E-state index in [1.165, 1.54) is 12.1 Å². The first-order valence-corrected chi connectivity index (χ1v) is 6.47. The van der Waals surface area contributed by atoms with Gasteiger partial charge in [-0.2, -0.15) is 13.2 Å². The van der Waals surface area contributed by atoms with E-state index in [9.17, 15) is 13.2 Å². The molecule has 0 bridgehead atoms. The highest BCUT2D eigenvalue weighted by molar-refractivity contribution is 6.32. The van der Waals surface area contributed by atoms with Crippen LogP contribution in [0.15, 0.2) is 49.0 Å². The minimum absolute atomic E-state index is 0.112. The fourth-order valence-electron chi connectivity index (χ4n) is 1.90. The van der Waals surface area contributed by atoms with E-state index in [1.807, 2.05) is 19.1 Å². The second kappa shape index (κ2) is 5.82. The Labute approximate surface area is 125 Å². The third kappa shape index (κ3) is 3.39. The lowest BCUT2D eigenvalue weighted by Crippen LogP contribution is -2.08. The van der Waals surface area contributed by atoms with Gasteiger partial charge in [-0.1, -0.05) is 48.5 Å². The van der Waals surface area contributed by atoms with Crippen molar-refractivity contribution in [1.29, 1.82) is 0 Å². The van der Waals surface area contributed by atoms with Gasteiger partial charge in [-0.15, -0.1) is 0 Å². The van der Waals surface area contributed by atoms with Gasteiger partial charge in [0.25, 0.3) is 0 Å². The molecule has 1 nitrogen and oxygen atoms in total. The quantitative estimate of drug-likeness (QED) is 0.659.